The summed E-state index contributed by atoms with van der Waals surface area (Å²) in [7, 11) is 0. The number of rotatable bonds is 4. The maximum atomic E-state index is 13.2. The molecule has 3 heteroatoms. The molecule has 0 aliphatic heterocycles. The fraction of sp³-hybridized carbons (Fsp3) is 0.571. The quantitative estimate of drug-likeness (QED) is 0.850. The highest BCUT2D eigenvalue weighted by Crippen LogP contribution is 2.40. The minimum atomic E-state index is -2.31. The van der Waals surface area contributed by atoms with Crippen LogP contribution in [0.5, 0.6) is 0 Å². The van der Waals surface area contributed by atoms with Crippen molar-refractivity contribution in [3.05, 3.63) is 35.4 Å². The molecule has 1 aliphatic rings. The lowest BCUT2D eigenvalue weighted by atomic mass is 9.84. The highest BCUT2D eigenvalue weighted by atomic mass is 19.3. The zero-order valence-electron chi connectivity index (χ0n) is 9.78. The van der Waals surface area contributed by atoms with Crippen molar-refractivity contribution in [2.75, 3.05) is 0 Å². The van der Waals surface area contributed by atoms with Crippen LogP contribution in [0.1, 0.15) is 42.7 Å². The van der Waals surface area contributed by atoms with Crippen LogP contribution in [0.25, 0.3) is 0 Å². The minimum absolute atomic E-state index is 0.0888. The fourth-order valence-electron chi connectivity index (χ4n) is 2.84. The van der Waals surface area contributed by atoms with Gasteiger partial charge in [-0.3, -0.25) is 0 Å². The first-order chi connectivity index (χ1) is 8.22. The second kappa shape index (κ2) is 5.58. The predicted octanol–water partition coefficient (Wildman–Crippen LogP) is 3.72. The van der Waals surface area contributed by atoms with Gasteiger partial charge in [0.15, 0.2) is 0 Å². The van der Waals surface area contributed by atoms with E-state index in [1.165, 1.54) is 0 Å². The molecule has 0 radical (unpaired) electrons. The lowest BCUT2D eigenvalue weighted by Gasteiger charge is -2.23. The summed E-state index contributed by atoms with van der Waals surface area (Å²) in [6, 6.07) is 7.00. The van der Waals surface area contributed by atoms with E-state index in [-0.39, 0.29) is 12.5 Å². The molecule has 2 rings (SSSR count). The molecular formula is C14H18F2O. The molecule has 1 aliphatic carbocycles. The van der Waals surface area contributed by atoms with Gasteiger partial charge in [-0.1, -0.05) is 37.1 Å². The first-order valence-electron chi connectivity index (χ1n) is 6.20. The van der Waals surface area contributed by atoms with Gasteiger partial charge in [-0.05, 0) is 29.9 Å². The summed E-state index contributed by atoms with van der Waals surface area (Å²) in [6.45, 7) is -0.0888. The lowest BCUT2D eigenvalue weighted by molar-refractivity contribution is 0.0867. The highest BCUT2D eigenvalue weighted by Gasteiger charge is 2.33. The van der Waals surface area contributed by atoms with Crippen molar-refractivity contribution >= 4 is 0 Å². The monoisotopic (exact) mass is 240 g/mol. The Bertz CT molecular complexity index is 359. The van der Waals surface area contributed by atoms with Crippen molar-refractivity contribution in [2.24, 2.45) is 5.92 Å². The molecule has 0 amide bonds. The molecule has 0 bridgehead atoms. The second-order valence-corrected chi connectivity index (χ2v) is 4.81. The van der Waals surface area contributed by atoms with E-state index in [2.05, 4.69) is 0 Å². The van der Waals surface area contributed by atoms with Gasteiger partial charge < -0.3 is 5.11 Å². The molecule has 0 spiro atoms. The van der Waals surface area contributed by atoms with E-state index in [9.17, 15) is 8.78 Å². The number of benzene rings is 1. The van der Waals surface area contributed by atoms with Crippen LogP contribution in [0, 0.1) is 5.92 Å². The number of aliphatic hydroxyl groups is 1. The van der Waals surface area contributed by atoms with Crippen molar-refractivity contribution in [2.45, 2.75) is 44.6 Å². The number of aliphatic hydroxyl groups excluding tert-OH is 1. The van der Waals surface area contributed by atoms with E-state index < -0.39 is 12.3 Å². The van der Waals surface area contributed by atoms with E-state index in [1.54, 1.807) is 24.3 Å². The SMILES string of the molecule is OCc1cccc(C(C(F)F)C2CCCC2)c1. The van der Waals surface area contributed by atoms with Crippen LogP contribution in [0.15, 0.2) is 24.3 Å². The number of halogens is 2. The molecule has 1 nitrogen and oxygen atoms in total. The summed E-state index contributed by atoms with van der Waals surface area (Å²) in [5.41, 5.74) is 1.39. The molecule has 0 aromatic heterocycles. The molecule has 1 aromatic rings. The summed E-state index contributed by atoms with van der Waals surface area (Å²) >= 11 is 0. The summed E-state index contributed by atoms with van der Waals surface area (Å²) in [6.07, 6.45) is 1.62. The third-order valence-electron chi connectivity index (χ3n) is 3.70. The zero-order valence-corrected chi connectivity index (χ0v) is 9.78. The zero-order chi connectivity index (χ0) is 12.3. The second-order valence-electron chi connectivity index (χ2n) is 4.81. The third-order valence-corrected chi connectivity index (χ3v) is 3.70. The summed E-state index contributed by atoms with van der Waals surface area (Å²) in [4.78, 5) is 0. The van der Waals surface area contributed by atoms with Gasteiger partial charge in [0, 0.05) is 5.92 Å². The van der Waals surface area contributed by atoms with Crippen LogP contribution in [-0.4, -0.2) is 11.5 Å². The van der Waals surface area contributed by atoms with Gasteiger partial charge in [0.2, 0.25) is 6.43 Å². The highest BCUT2D eigenvalue weighted by molar-refractivity contribution is 5.27. The molecule has 1 aromatic carbocycles. The fourth-order valence-corrected chi connectivity index (χ4v) is 2.84. The topological polar surface area (TPSA) is 20.2 Å². The smallest absolute Gasteiger partial charge is 0.245 e. The van der Waals surface area contributed by atoms with Gasteiger partial charge in [-0.15, -0.1) is 0 Å². The van der Waals surface area contributed by atoms with Gasteiger partial charge in [0.25, 0.3) is 0 Å². The minimum Gasteiger partial charge on any atom is -0.392 e. The molecule has 94 valence electrons. The average Bonchev–Trinajstić information content (AvgIpc) is 2.83. The van der Waals surface area contributed by atoms with Crippen molar-refractivity contribution < 1.29 is 13.9 Å². The van der Waals surface area contributed by atoms with Gasteiger partial charge >= 0.3 is 0 Å². The van der Waals surface area contributed by atoms with Crippen molar-refractivity contribution in [1.82, 2.24) is 0 Å². The molecule has 0 heterocycles. The van der Waals surface area contributed by atoms with Crippen molar-refractivity contribution in [3.8, 4) is 0 Å². The van der Waals surface area contributed by atoms with E-state index in [0.717, 1.165) is 25.7 Å². The number of alkyl halides is 2. The maximum absolute atomic E-state index is 13.2. The molecule has 1 unspecified atom stereocenters. The Morgan fingerprint density at radius 1 is 1.24 bits per heavy atom. The maximum Gasteiger partial charge on any atom is 0.245 e. The van der Waals surface area contributed by atoms with Crippen molar-refractivity contribution in [3.63, 3.8) is 0 Å². The van der Waals surface area contributed by atoms with Crippen LogP contribution in [0.3, 0.4) is 0 Å². The molecule has 1 fully saturated rings. The van der Waals surface area contributed by atoms with Crippen LogP contribution in [0.4, 0.5) is 8.78 Å². The van der Waals surface area contributed by atoms with E-state index in [0.29, 0.717) is 11.1 Å². The molecule has 1 saturated carbocycles. The predicted molar refractivity (Wildman–Crippen MR) is 63.1 cm³/mol. The molecule has 1 atom stereocenters. The van der Waals surface area contributed by atoms with Crippen molar-refractivity contribution in [1.29, 1.82) is 0 Å². The Labute approximate surface area is 100 Å². The van der Waals surface area contributed by atoms with E-state index in [4.69, 9.17) is 5.11 Å². The molecular weight excluding hydrogens is 222 g/mol. The van der Waals surface area contributed by atoms with Crippen LogP contribution in [0.2, 0.25) is 0 Å². The summed E-state index contributed by atoms with van der Waals surface area (Å²) in [5, 5.41) is 9.06. The van der Waals surface area contributed by atoms with Gasteiger partial charge in [-0.2, -0.15) is 0 Å². The summed E-state index contributed by atoms with van der Waals surface area (Å²) in [5.74, 6) is -0.562. The Balaban J connectivity index is 2.24. The Morgan fingerprint density at radius 3 is 2.53 bits per heavy atom. The first-order valence-corrected chi connectivity index (χ1v) is 6.20. The van der Waals surface area contributed by atoms with Gasteiger partial charge in [0.05, 0.1) is 6.61 Å². The first kappa shape index (κ1) is 12.5. The van der Waals surface area contributed by atoms with Crippen LogP contribution in [-0.2, 0) is 6.61 Å². The summed E-state index contributed by atoms with van der Waals surface area (Å²) < 4.78 is 26.4. The van der Waals surface area contributed by atoms with Gasteiger partial charge in [0.1, 0.15) is 0 Å². The van der Waals surface area contributed by atoms with E-state index in [1.807, 2.05) is 0 Å². The van der Waals surface area contributed by atoms with E-state index >= 15 is 0 Å². The third kappa shape index (κ3) is 2.83. The Hall–Kier alpha value is -0.960. The number of hydrogen-bond donors (Lipinski definition) is 1. The van der Waals surface area contributed by atoms with Gasteiger partial charge in [-0.25, -0.2) is 8.78 Å². The number of hydrogen-bond acceptors (Lipinski definition) is 1. The normalized spacial score (nSPS) is 18.8. The Morgan fingerprint density at radius 2 is 1.94 bits per heavy atom. The molecule has 17 heavy (non-hydrogen) atoms. The standard InChI is InChI=1S/C14H18F2O/c15-14(16)13(11-5-1-2-6-11)12-7-3-4-10(8-12)9-17/h3-4,7-8,11,13-14,17H,1-2,5-6,9H2. The van der Waals surface area contributed by atoms with Crippen LogP contribution < -0.4 is 0 Å². The largest absolute Gasteiger partial charge is 0.392 e. The Kier molecular flexibility index (Phi) is 4.11. The van der Waals surface area contributed by atoms with Crippen LogP contribution >= 0.6 is 0 Å². The average molecular weight is 240 g/mol. The molecule has 1 N–H and O–H groups in total. The molecule has 0 saturated heterocycles. The lowest BCUT2D eigenvalue weighted by Crippen LogP contribution is -2.18.